The van der Waals surface area contributed by atoms with Crippen LogP contribution in [0.4, 0.5) is 0 Å². The van der Waals surface area contributed by atoms with E-state index >= 15 is 0 Å². The van der Waals surface area contributed by atoms with Gasteiger partial charge in [-0.15, -0.1) is 0 Å². The summed E-state index contributed by atoms with van der Waals surface area (Å²) < 4.78 is 32.7. The Morgan fingerprint density at radius 3 is 1.18 bits per heavy atom. The maximum atomic E-state index is 12.6. The fourth-order valence-corrected chi connectivity index (χ4v) is 7.79. The lowest BCUT2D eigenvalue weighted by molar-refractivity contribution is -0.161. The molecule has 0 aliphatic carbocycles. The molecule has 0 aromatic carbocycles. The third-order valence-electron chi connectivity index (χ3n) is 10.6. The standard InChI is InChI=1S/C47H91O8P/c1-4-7-9-11-13-15-17-19-21-22-23-24-25-26-28-30-32-34-36-38-40-42-47(49)55-45(44-54-56(50,51)53-6-3)43-52-46(48)41-39-37-35-33-31-29-27-20-18-16-14-12-10-8-5-2/h22-23,45H,4-21,24-44H2,1-3H3,(H,50,51)/b23-22-. The minimum atomic E-state index is -4.28. The molecule has 332 valence electrons. The Hall–Kier alpha value is -1.21. The van der Waals surface area contributed by atoms with Gasteiger partial charge in [0.2, 0.25) is 0 Å². The molecule has 2 unspecified atom stereocenters. The van der Waals surface area contributed by atoms with E-state index in [4.69, 9.17) is 18.5 Å². The summed E-state index contributed by atoms with van der Waals surface area (Å²) >= 11 is 0. The Kier molecular flexibility index (Phi) is 42.4. The zero-order valence-electron chi connectivity index (χ0n) is 37.1. The minimum Gasteiger partial charge on any atom is -0.462 e. The normalized spacial score (nSPS) is 13.3. The van der Waals surface area contributed by atoms with Crippen LogP contribution in [0, 0.1) is 0 Å². The molecule has 0 aliphatic rings. The van der Waals surface area contributed by atoms with Gasteiger partial charge in [0.1, 0.15) is 6.61 Å². The van der Waals surface area contributed by atoms with Crippen LogP contribution in [0.1, 0.15) is 252 Å². The van der Waals surface area contributed by atoms with Crippen molar-refractivity contribution in [2.24, 2.45) is 0 Å². The van der Waals surface area contributed by atoms with Crippen LogP contribution in [0.5, 0.6) is 0 Å². The predicted octanol–water partition coefficient (Wildman–Crippen LogP) is 15.2. The molecule has 0 fully saturated rings. The molecule has 0 amide bonds. The van der Waals surface area contributed by atoms with Crippen LogP contribution in [-0.4, -0.2) is 42.8 Å². The van der Waals surface area contributed by atoms with Gasteiger partial charge in [-0.2, -0.15) is 0 Å². The van der Waals surface area contributed by atoms with Gasteiger partial charge in [0.05, 0.1) is 13.2 Å². The second kappa shape index (κ2) is 43.4. The molecule has 1 N–H and O–H groups in total. The maximum absolute atomic E-state index is 12.6. The predicted molar refractivity (Wildman–Crippen MR) is 235 cm³/mol. The molecule has 0 aliphatic heterocycles. The number of phosphoric acid groups is 1. The lowest BCUT2D eigenvalue weighted by Crippen LogP contribution is -2.29. The summed E-state index contributed by atoms with van der Waals surface area (Å²) in [5.74, 6) is -0.785. The zero-order chi connectivity index (χ0) is 41.1. The second-order valence-corrected chi connectivity index (χ2v) is 17.6. The van der Waals surface area contributed by atoms with Crippen molar-refractivity contribution in [2.45, 2.75) is 258 Å². The number of unbranched alkanes of at least 4 members (excludes halogenated alkanes) is 31. The van der Waals surface area contributed by atoms with Crippen molar-refractivity contribution in [3.05, 3.63) is 12.2 Å². The highest BCUT2D eigenvalue weighted by molar-refractivity contribution is 7.47. The summed E-state index contributed by atoms with van der Waals surface area (Å²) in [6.07, 6.45) is 47.0. The van der Waals surface area contributed by atoms with E-state index in [1.807, 2.05) is 0 Å². The highest BCUT2D eigenvalue weighted by atomic mass is 31.2. The van der Waals surface area contributed by atoms with Crippen molar-refractivity contribution in [3.63, 3.8) is 0 Å². The van der Waals surface area contributed by atoms with Crippen LogP contribution in [0.15, 0.2) is 12.2 Å². The van der Waals surface area contributed by atoms with Crippen molar-refractivity contribution >= 4 is 19.8 Å². The van der Waals surface area contributed by atoms with Crippen LogP contribution in [0.3, 0.4) is 0 Å². The van der Waals surface area contributed by atoms with Gasteiger partial charge in [0.25, 0.3) is 0 Å². The fraction of sp³-hybridized carbons (Fsp3) is 0.915. The van der Waals surface area contributed by atoms with E-state index in [0.29, 0.717) is 12.8 Å². The van der Waals surface area contributed by atoms with E-state index in [1.165, 1.54) is 180 Å². The number of rotatable bonds is 45. The first-order chi connectivity index (χ1) is 27.3. The Morgan fingerprint density at radius 1 is 0.464 bits per heavy atom. The highest BCUT2D eigenvalue weighted by Gasteiger charge is 2.25. The summed E-state index contributed by atoms with van der Waals surface area (Å²) in [6.45, 7) is 5.52. The first kappa shape index (κ1) is 54.8. The number of phosphoric ester groups is 1. The summed E-state index contributed by atoms with van der Waals surface area (Å²) in [5, 5.41) is 0. The molecule has 0 bridgehead atoms. The number of hydrogen-bond donors (Lipinski definition) is 1. The Balaban J connectivity index is 3.98. The van der Waals surface area contributed by atoms with Crippen LogP contribution in [-0.2, 0) is 32.7 Å². The lowest BCUT2D eigenvalue weighted by Gasteiger charge is -2.19. The maximum Gasteiger partial charge on any atom is 0.472 e. The van der Waals surface area contributed by atoms with Gasteiger partial charge in [0.15, 0.2) is 6.10 Å². The number of hydrogen-bond acceptors (Lipinski definition) is 7. The molecule has 0 rings (SSSR count). The number of carbonyl (C=O) groups excluding carboxylic acids is 2. The van der Waals surface area contributed by atoms with Crippen molar-refractivity contribution in [2.75, 3.05) is 19.8 Å². The number of esters is 2. The van der Waals surface area contributed by atoms with Crippen LogP contribution < -0.4 is 0 Å². The molecule has 0 radical (unpaired) electrons. The van der Waals surface area contributed by atoms with Crippen molar-refractivity contribution < 1.29 is 37.6 Å². The summed E-state index contributed by atoms with van der Waals surface area (Å²) in [7, 11) is -4.28. The summed E-state index contributed by atoms with van der Waals surface area (Å²) in [4.78, 5) is 34.8. The van der Waals surface area contributed by atoms with Crippen molar-refractivity contribution in [1.82, 2.24) is 0 Å². The minimum absolute atomic E-state index is 0.00352. The third kappa shape index (κ3) is 42.4. The van der Waals surface area contributed by atoms with Crippen molar-refractivity contribution in [3.8, 4) is 0 Å². The molecule has 9 heteroatoms. The molecule has 0 saturated carbocycles. The summed E-state index contributed by atoms with van der Waals surface area (Å²) in [5.41, 5.74) is 0. The second-order valence-electron chi connectivity index (χ2n) is 16.1. The molecule has 8 nitrogen and oxygen atoms in total. The van der Waals surface area contributed by atoms with E-state index in [0.717, 1.165) is 32.1 Å². The first-order valence-corrected chi connectivity index (χ1v) is 25.5. The van der Waals surface area contributed by atoms with Gasteiger partial charge >= 0.3 is 19.8 Å². The third-order valence-corrected chi connectivity index (χ3v) is 11.6. The molecule has 56 heavy (non-hydrogen) atoms. The topological polar surface area (TPSA) is 108 Å². The Labute approximate surface area is 346 Å². The van der Waals surface area contributed by atoms with Crippen molar-refractivity contribution in [1.29, 1.82) is 0 Å². The molecular formula is C47H91O8P. The van der Waals surface area contributed by atoms with Gasteiger partial charge in [-0.1, -0.05) is 206 Å². The molecular weight excluding hydrogens is 723 g/mol. The molecule has 0 heterocycles. The van der Waals surface area contributed by atoms with Gasteiger partial charge in [-0.25, -0.2) is 4.57 Å². The summed E-state index contributed by atoms with van der Waals surface area (Å²) in [6, 6.07) is 0. The van der Waals surface area contributed by atoms with Crippen LogP contribution in [0.25, 0.3) is 0 Å². The SMILES string of the molecule is CCCCCCCCCC/C=C\CCCCCCCCCCCC(=O)OC(COC(=O)CCCCCCCCCCCCCCCCC)COP(=O)(O)OCC. The lowest BCUT2D eigenvalue weighted by atomic mass is 10.0. The van der Waals surface area contributed by atoms with E-state index in [2.05, 4.69) is 26.0 Å². The largest absolute Gasteiger partial charge is 0.472 e. The molecule has 2 atom stereocenters. The van der Waals surface area contributed by atoms with E-state index < -0.39 is 19.9 Å². The van der Waals surface area contributed by atoms with Gasteiger partial charge in [-0.3, -0.25) is 18.6 Å². The molecule has 0 aromatic rings. The average Bonchev–Trinajstić information content (AvgIpc) is 3.18. The highest BCUT2D eigenvalue weighted by Crippen LogP contribution is 2.43. The molecule has 0 aromatic heterocycles. The van der Waals surface area contributed by atoms with Gasteiger partial charge < -0.3 is 14.4 Å². The van der Waals surface area contributed by atoms with Crippen LogP contribution >= 0.6 is 7.82 Å². The number of ether oxygens (including phenoxy) is 2. The fourth-order valence-electron chi connectivity index (χ4n) is 7.04. The molecule has 0 spiro atoms. The first-order valence-electron chi connectivity index (χ1n) is 24.0. The Bertz CT molecular complexity index is 926. The van der Waals surface area contributed by atoms with Gasteiger partial charge in [0, 0.05) is 12.8 Å². The average molecular weight is 815 g/mol. The zero-order valence-corrected chi connectivity index (χ0v) is 38.0. The molecule has 0 saturated heterocycles. The van der Waals surface area contributed by atoms with Gasteiger partial charge in [-0.05, 0) is 45.4 Å². The monoisotopic (exact) mass is 815 g/mol. The van der Waals surface area contributed by atoms with E-state index in [-0.39, 0.29) is 32.2 Å². The number of allylic oxidation sites excluding steroid dienone is 2. The smallest absolute Gasteiger partial charge is 0.462 e. The van der Waals surface area contributed by atoms with E-state index in [9.17, 15) is 19.0 Å². The van der Waals surface area contributed by atoms with E-state index in [1.54, 1.807) is 6.92 Å². The Morgan fingerprint density at radius 2 is 0.804 bits per heavy atom. The van der Waals surface area contributed by atoms with Crippen LogP contribution in [0.2, 0.25) is 0 Å². The number of carbonyl (C=O) groups is 2. The quantitative estimate of drug-likeness (QED) is 0.0280.